The van der Waals surface area contributed by atoms with E-state index in [1.165, 1.54) is 12.1 Å². The summed E-state index contributed by atoms with van der Waals surface area (Å²) in [6, 6.07) is 4.45. The zero-order valence-electron chi connectivity index (χ0n) is 10.5. The van der Waals surface area contributed by atoms with Gasteiger partial charge in [-0.1, -0.05) is 15.9 Å². The molecule has 0 aromatic heterocycles. The van der Waals surface area contributed by atoms with Gasteiger partial charge in [0.15, 0.2) is 0 Å². The number of hydrogen-bond acceptors (Lipinski definition) is 5. The van der Waals surface area contributed by atoms with Crippen LogP contribution in [0.2, 0.25) is 0 Å². The third-order valence-electron chi connectivity index (χ3n) is 3.08. The second kappa shape index (κ2) is 6.29. The van der Waals surface area contributed by atoms with Crippen molar-refractivity contribution in [2.75, 3.05) is 11.9 Å². The van der Waals surface area contributed by atoms with Gasteiger partial charge in [-0.05, 0) is 25.0 Å². The van der Waals surface area contributed by atoms with Crippen LogP contribution >= 0.6 is 15.9 Å². The SMILES string of the molecule is NCC1CCC(C(=O)Nc2ccc(Br)cc2[N+](=O)[O-])O1. The molecule has 1 aliphatic rings. The molecule has 0 bridgehead atoms. The van der Waals surface area contributed by atoms with E-state index in [4.69, 9.17) is 10.5 Å². The molecular formula is C12H14BrN3O4. The van der Waals surface area contributed by atoms with Gasteiger partial charge in [0.25, 0.3) is 11.6 Å². The number of nitrogens with one attached hydrogen (secondary N) is 1. The molecule has 108 valence electrons. The Kier molecular flexibility index (Phi) is 4.69. The van der Waals surface area contributed by atoms with Crippen LogP contribution in [-0.2, 0) is 9.53 Å². The zero-order chi connectivity index (χ0) is 14.7. The Morgan fingerprint density at radius 2 is 2.30 bits per heavy atom. The number of nitrogens with two attached hydrogens (primary N) is 1. The van der Waals surface area contributed by atoms with E-state index in [2.05, 4.69) is 21.2 Å². The Balaban J connectivity index is 2.10. The maximum atomic E-state index is 12.0. The molecule has 1 heterocycles. The fourth-order valence-corrected chi connectivity index (χ4v) is 2.40. The number of halogens is 1. The van der Waals surface area contributed by atoms with Crippen LogP contribution in [0.3, 0.4) is 0 Å². The normalized spacial score (nSPS) is 21.7. The fraction of sp³-hybridized carbons (Fsp3) is 0.417. The van der Waals surface area contributed by atoms with Crippen molar-refractivity contribution in [3.05, 3.63) is 32.8 Å². The minimum absolute atomic E-state index is 0.120. The van der Waals surface area contributed by atoms with Gasteiger partial charge in [0.1, 0.15) is 11.8 Å². The number of carbonyl (C=O) groups is 1. The van der Waals surface area contributed by atoms with Crippen LogP contribution in [0.1, 0.15) is 12.8 Å². The Labute approximate surface area is 123 Å². The third-order valence-corrected chi connectivity index (χ3v) is 3.57. The van der Waals surface area contributed by atoms with E-state index in [0.717, 1.165) is 6.42 Å². The molecule has 1 aromatic rings. The van der Waals surface area contributed by atoms with Gasteiger partial charge in [0.2, 0.25) is 0 Å². The van der Waals surface area contributed by atoms with E-state index in [1.54, 1.807) is 6.07 Å². The van der Waals surface area contributed by atoms with E-state index in [-0.39, 0.29) is 23.4 Å². The van der Waals surface area contributed by atoms with Crippen molar-refractivity contribution in [2.24, 2.45) is 5.73 Å². The highest BCUT2D eigenvalue weighted by molar-refractivity contribution is 9.10. The lowest BCUT2D eigenvalue weighted by Gasteiger charge is -2.12. The highest BCUT2D eigenvalue weighted by Gasteiger charge is 2.30. The molecule has 3 N–H and O–H groups in total. The summed E-state index contributed by atoms with van der Waals surface area (Å²) in [5, 5.41) is 13.5. The van der Waals surface area contributed by atoms with E-state index in [0.29, 0.717) is 17.4 Å². The predicted octanol–water partition coefficient (Wildman–Crippen LogP) is 1.80. The average molecular weight is 344 g/mol. The molecule has 1 amide bonds. The zero-order valence-corrected chi connectivity index (χ0v) is 12.1. The molecule has 2 atom stereocenters. The van der Waals surface area contributed by atoms with Crippen molar-refractivity contribution in [2.45, 2.75) is 25.0 Å². The molecule has 0 radical (unpaired) electrons. The van der Waals surface area contributed by atoms with Crippen molar-refractivity contribution in [1.82, 2.24) is 0 Å². The number of benzene rings is 1. The lowest BCUT2D eigenvalue weighted by atomic mass is 10.2. The van der Waals surface area contributed by atoms with Gasteiger partial charge in [-0.15, -0.1) is 0 Å². The summed E-state index contributed by atoms with van der Waals surface area (Å²) >= 11 is 3.16. The van der Waals surface area contributed by atoms with Gasteiger partial charge in [-0.2, -0.15) is 0 Å². The average Bonchev–Trinajstić information content (AvgIpc) is 2.89. The van der Waals surface area contributed by atoms with Gasteiger partial charge < -0.3 is 15.8 Å². The molecule has 0 saturated carbocycles. The quantitative estimate of drug-likeness (QED) is 0.640. The number of carbonyl (C=O) groups excluding carboxylic acids is 1. The number of hydrogen-bond donors (Lipinski definition) is 2. The first kappa shape index (κ1) is 14.9. The minimum Gasteiger partial charge on any atom is -0.364 e. The van der Waals surface area contributed by atoms with Crippen LogP contribution in [-0.4, -0.2) is 29.6 Å². The summed E-state index contributed by atoms with van der Waals surface area (Å²) < 4.78 is 6.02. The van der Waals surface area contributed by atoms with Crippen LogP contribution in [0.5, 0.6) is 0 Å². The number of anilines is 1. The largest absolute Gasteiger partial charge is 0.364 e. The molecule has 2 rings (SSSR count). The fourth-order valence-electron chi connectivity index (χ4n) is 2.05. The molecule has 1 saturated heterocycles. The minimum atomic E-state index is -0.605. The Morgan fingerprint density at radius 3 is 2.90 bits per heavy atom. The van der Waals surface area contributed by atoms with Gasteiger partial charge in [-0.25, -0.2) is 0 Å². The first-order chi connectivity index (χ1) is 9.51. The van der Waals surface area contributed by atoms with E-state index >= 15 is 0 Å². The highest BCUT2D eigenvalue weighted by Crippen LogP contribution is 2.29. The maximum absolute atomic E-state index is 12.0. The van der Waals surface area contributed by atoms with Crippen LogP contribution in [0, 0.1) is 10.1 Å². The van der Waals surface area contributed by atoms with Gasteiger partial charge in [0.05, 0.1) is 11.0 Å². The molecule has 0 aliphatic carbocycles. The first-order valence-corrected chi connectivity index (χ1v) is 6.91. The summed E-state index contributed by atoms with van der Waals surface area (Å²) in [7, 11) is 0. The van der Waals surface area contributed by atoms with Crippen LogP contribution in [0.4, 0.5) is 11.4 Å². The molecule has 7 nitrogen and oxygen atoms in total. The third kappa shape index (κ3) is 3.33. The lowest BCUT2D eigenvalue weighted by molar-refractivity contribution is -0.384. The summed E-state index contributed by atoms with van der Waals surface area (Å²) in [5.41, 5.74) is 5.47. The number of ether oxygens (including phenoxy) is 1. The molecule has 1 fully saturated rings. The van der Waals surface area contributed by atoms with E-state index in [9.17, 15) is 14.9 Å². The van der Waals surface area contributed by atoms with Crippen LogP contribution < -0.4 is 11.1 Å². The molecule has 2 unspecified atom stereocenters. The molecule has 0 spiro atoms. The molecule has 20 heavy (non-hydrogen) atoms. The topological polar surface area (TPSA) is 107 Å². The molecule has 1 aliphatic heterocycles. The lowest BCUT2D eigenvalue weighted by Crippen LogP contribution is -2.30. The first-order valence-electron chi connectivity index (χ1n) is 6.11. The standard InChI is InChI=1S/C12H14BrN3O4/c13-7-1-3-9(10(5-7)16(18)19)15-12(17)11-4-2-8(6-14)20-11/h1,3,5,8,11H,2,4,6,14H2,(H,15,17). The monoisotopic (exact) mass is 343 g/mol. The number of amides is 1. The van der Waals surface area contributed by atoms with Gasteiger partial charge >= 0.3 is 0 Å². The molecular weight excluding hydrogens is 330 g/mol. The smallest absolute Gasteiger partial charge is 0.293 e. The Morgan fingerprint density at radius 1 is 1.55 bits per heavy atom. The molecule has 1 aromatic carbocycles. The van der Waals surface area contributed by atoms with Crippen LogP contribution in [0.25, 0.3) is 0 Å². The van der Waals surface area contributed by atoms with Crippen molar-refractivity contribution in [3.63, 3.8) is 0 Å². The maximum Gasteiger partial charge on any atom is 0.293 e. The summed E-state index contributed by atoms with van der Waals surface area (Å²) in [6.45, 7) is 0.363. The van der Waals surface area contributed by atoms with Crippen molar-refractivity contribution in [1.29, 1.82) is 0 Å². The summed E-state index contributed by atoms with van der Waals surface area (Å²) in [6.07, 6.45) is 0.562. The van der Waals surface area contributed by atoms with E-state index in [1.807, 2.05) is 0 Å². The number of rotatable bonds is 4. The van der Waals surface area contributed by atoms with Gasteiger partial charge in [-0.3, -0.25) is 14.9 Å². The van der Waals surface area contributed by atoms with Crippen molar-refractivity contribution >= 4 is 33.2 Å². The van der Waals surface area contributed by atoms with Crippen molar-refractivity contribution in [3.8, 4) is 0 Å². The van der Waals surface area contributed by atoms with Crippen molar-refractivity contribution < 1.29 is 14.5 Å². The molecule has 8 heteroatoms. The number of nitrogens with zero attached hydrogens (tertiary/aromatic N) is 1. The number of nitro groups is 1. The van der Waals surface area contributed by atoms with Crippen LogP contribution in [0.15, 0.2) is 22.7 Å². The Hall–Kier alpha value is -1.51. The second-order valence-corrected chi connectivity index (χ2v) is 5.38. The van der Waals surface area contributed by atoms with Gasteiger partial charge in [0, 0.05) is 17.1 Å². The summed E-state index contributed by atoms with van der Waals surface area (Å²) in [5.74, 6) is -0.383. The summed E-state index contributed by atoms with van der Waals surface area (Å²) in [4.78, 5) is 22.4. The highest BCUT2D eigenvalue weighted by atomic mass is 79.9. The second-order valence-electron chi connectivity index (χ2n) is 4.47. The number of nitro benzene ring substituents is 1. The Bertz CT molecular complexity index is 537. The van der Waals surface area contributed by atoms with E-state index < -0.39 is 11.0 Å². The predicted molar refractivity (Wildman–Crippen MR) is 76.4 cm³/mol.